The first kappa shape index (κ1) is 24.6. The lowest BCUT2D eigenvalue weighted by atomic mass is 9.97. The van der Waals surface area contributed by atoms with Crippen molar-refractivity contribution in [1.29, 1.82) is 0 Å². The molecule has 1 fully saturated rings. The number of aryl methyl sites for hydroxylation is 2. The van der Waals surface area contributed by atoms with Gasteiger partial charge in [-0.05, 0) is 63.4 Å². The highest BCUT2D eigenvalue weighted by Gasteiger charge is 2.22. The van der Waals surface area contributed by atoms with Crippen LogP contribution in [-0.4, -0.2) is 61.3 Å². The predicted molar refractivity (Wildman–Crippen MR) is 135 cm³/mol. The highest BCUT2D eigenvalue weighted by Crippen LogP contribution is 2.32. The number of nitrogens with zero attached hydrogens (tertiary/aromatic N) is 4. The number of halogens is 1. The van der Waals surface area contributed by atoms with Crippen molar-refractivity contribution in [2.75, 3.05) is 40.5 Å². The number of benzene rings is 1. The fraction of sp³-hybridized carbons (Fsp3) is 0.565. The van der Waals surface area contributed by atoms with E-state index in [1.165, 1.54) is 5.56 Å². The maximum Gasteiger partial charge on any atom is 0.231 e. The Hall–Kier alpha value is -2.01. The van der Waals surface area contributed by atoms with Gasteiger partial charge in [-0.25, -0.2) is 4.98 Å². The van der Waals surface area contributed by atoms with Gasteiger partial charge in [0.05, 0.1) is 12.2 Å². The van der Waals surface area contributed by atoms with Crippen molar-refractivity contribution in [3.05, 3.63) is 41.1 Å². The second-order valence-electron chi connectivity index (χ2n) is 8.44. The van der Waals surface area contributed by atoms with E-state index in [-0.39, 0.29) is 24.0 Å². The number of likely N-dealkylation sites (tertiary alicyclic amines) is 1. The number of oxazole rings is 1. The summed E-state index contributed by atoms with van der Waals surface area (Å²) in [5, 5.41) is 3.56. The Morgan fingerprint density at radius 1 is 1.22 bits per heavy atom. The Morgan fingerprint density at radius 2 is 1.97 bits per heavy atom. The normalized spacial score (nSPS) is 16.7. The molecule has 1 N–H and O–H groups in total. The van der Waals surface area contributed by atoms with Gasteiger partial charge in [0.25, 0.3) is 0 Å². The Labute approximate surface area is 207 Å². The molecule has 2 aliphatic rings. The number of guanidine groups is 1. The Bertz CT molecular complexity index is 905. The Kier molecular flexibility index (Phi) is 8.64. The number of hydrogen-bond acceptors (Lipinski definition) is 6. The molecule has 176 valence electrons. The number of aromatic nitrogens is 1. The average molecular weight is 555 g/mol. The second-order valence-corrected chi connectivity index (χ2v) is 8.44. The summed E-state index contributed by atoms with van der Waals surface area (Å²) in [6, 6.07) is 6.08. The van der Waals surface area contributed by atoms with Crippen LogP contribution in [0.1, 0.15) is 35.7 Å². The summed E-state index contributed by atoms with van der Waals surface area (Å²) < 4.78 is 16.6. The van der Waals surface area contributed by atoms with Crippen molar-refractivity contribution in [2.24, 2.45) is 10.9 Å². The molecular formula is C23H34IN5O3. The first-order valence-electron chi connectivity index (χ1n) is 11.0. The van der Waals surface area contributed by atoms with Crippen LogP contribution < -0.4 is 14.8 Å². The zero-order valence-electron chi connectivity index (χ0n) is 19.4. The summed E-state index contributed by atoms with van der Waals surface area (Å²) in [6.07, 6.45) is 2.32. The lowest BCUT2D eigenvalue weighted by Gasteiger charge is -2.32. The van der Waals surface area contributed by atoms with Gasteiger partial charge in [-0.15, -0.1) is 24.0 Å². The third-order valence-corrected chi connectivity index (χ3v) is 6.12. The van der Waals surface area contributed by atoms with Gasteiger partial charge < -0.3 is 24.1 Å². The Morgan fingerprint density at radius 3 is 2.66 bits per heavy atom. The van der Waals surface area contributed by atoms with Crippen molar-refractivity contribution in [3.8, 4) is 11.5 Å². The number of nitrogens with one attached hydrogen (secondary N) is 1. The lowest BCUT2D eigenvalue weighted by Crippen LogP contribution is -2.43. The summed E-state index contributed by atoms with van der Waals surface area (Å²) in [6.45, 7) is 8.89. The van der Waals surface area contributed by atoms with Gasteiger partial charge in [0.1, 0.15) is 5.76 Å². The van der Waals surface area contributed by atoms with E-state index in [2.05, 4.69) is 38.2 Å². The highest BCUT2D eigenvalue weighted by atomic mass is 127. The van der Waals surface area contributed by atoms with Gasteiger partial charge in [0, 0.05) is 27.2 Å². The van der Waals surface area contributed by atoms with Crippen LogP contribution in [-0.2, 0) is 13.1 Å². The third-order valence-electron chi connectivity index (χ3n) is 6.12. The smallest absolute Gasteiger partial charge is 0.231 e. The molecule has 0 saturated carbocycles. The molecule has 32 heavy (non-hydrogen) atoms. The molecule has 2 aliphatic heterocycles. The van der Waals surface area contributed by atoms with Crippen LogP contribution in [0.4, 0.5) is 0 Å². The van der Waals surface area contributed by atoms with Crippen molar-refractivity contribution in [3.63, 3.8) is 0 Å². The zero-order chi connectivity index (χ0) is 21.8. The zero-order valence-corrected chi connectivity index (χ0v) is 21.7. The molecule has 3 heterocycles. The van der Waals surface area contributed by atoms with Crippen LogP contribution in [0.25, 0.3) is 0 Å². The predicted octanol–water partition coefficient (Wildman–Crippen LogP) is 3.56. The minimum absolute atomic E-state index is 0. The minimum Gasteiger partial charge on any atom is -0.454 e. The average Bonchev–Trinajstić information content (AvgIpc) is 3.35. The largest absolute Gasteiger partial charge is 0.454 e. The van der Waals surface area contributed by atoms with Gasteiger partial charge in [0.2, 0.25) is 12.7 Å². The fourth-order valence-electron chi connectivity index (χ4n) is 4.16. The van der Waals surface area contributed by atoms with E-state index < -0.39 is 0 Å². The highest BCUT2D eigenvalue weighted by molar-refractivity contribution is 14.0. The number of hydrogen-bond donors (Lipinski definition) is 1. The van der Waals surface area contributed by atoms with Crippen molar-refractivity contribution in [1.82, 2.24) is 20.1 Å². The summed E-state index contributed by atoms with van der Waals surface area (Å²) in [5.74, 6) is 4.93. The van der Waals surface area contributed by atoms with E-state index in [9.17, 15) is 0 Å². The van der Waals surface area contributed by atoms with Crippen LogP contribution in [0.2, 0.25) is 0 Å². The minimum atomic E-state index is 0. The topological polar surface area (TPSA) is 75.4 Å². The first-order chi connectivity index (χ1) is 15.0. The van der Waals surface area contributed by atoms with Gasteiger partial charge in [-0.3, -0.25) is 9.89 Å². The van der Waals surface area contributed by atoms with E-state index >= 15 is 0 Å². The second kappa shape index (κ2) is 11.2. The molecule has 9 heteroatoms. The molecule has 0 spiro atoms. The van der Waals surface area contributed by atoms with Crippen LogP contribution in [0, 0.1) is 19.8 Å². The van der Waals surface area contributed by atoms with Gasteiger partial charge in [-0.1, -0.05) is 6.07 Å². The van der Waals surface area contributed by atoms with Gasteiger partial charge in [-0.2, -0.15) is 0 Å². The maximum atomic E-state index is 5.74. The molecule has 8 nitrogen and oxygen atoms in total. The van der Waals surface area contributed by atoms with E-state index in [1.54, 1.807) is 0 Å². The van der Waals surface area contributed by atoms with Crippen molar-refractivity contribution >= 4 is 29.9 Å². The summed E-state index contributed by atoms with van der Waals surface area (Å²) in [4.78, 5) is 13.5. The van der Waals surface area contributed by atoms with E-state index in [1.807, 2.05) is 33.0 Å². The SMILES string of the molecule is CN=C(NCC1CCN(Cc2nc(C)c(C)o2)CC1)N(C)Cc1ccc2c(c1)OCO2.I. The molecule has 1 aromatic carbocycles. The number of aliphatic imine (C=N–C) groups is 1. The summed E-state index contributed by atoms with van der Waals surface area (Å²) in [7, 11) is 3.89. The van der Waals surface area contributed by atoms with Gasteiger partial charge in [0.15, 0.2) is 17.5 Å². The number of ether oxygens (including phenoxy) is 2. The lowest BCUT2D eigenvalue weighted by molar-refractivity contribution is 0.163. The third kappa shape index (κ3) is 6.06. The fourth-order valence-corrected chi connectivity index (χ4v) is 4.16. The van der Waals surface area contributed by atoms with E-state index in [0.717, 1.165) is 80.4 Å². The molecule has 4 rings (SSSR count). The standard InChI is InChI=1S/C23H33N5O3.HI/c1-16-17(2)31-22(26-16)14-28-9-7-18(8-10-28)12-25-23(24-3)27(4)13-19-5-6-20-21(11-19)30-15-29-20;/h5-6,11,18H,7-10,12-15H2,1-4H3,(H,24,25);1H. The molecule has 1 saturated heterocycles. The molecule has 1 aromatic heterocycles. The summed E-state index contributed by atoms with van der Waals surface area (Å²) >= 11 is 0. The molecule has 0 aliphatic carbocycles. The first-order valence-corrected chi connectivity index (χ1v) is 11.0. The van der Waals surface area contributed by atoms with E-state index in [0.29, 0.717) is 12.7 Å². The number of fused-ring (bicyclic) bond motifs is 1. The monoisotopic (exact) mass is 555 g/mol. The molecule has 0 bridgehead atoms. The molecule has 0 radical (unpaired) electrons. The molecule has 2 aromatic rings. The van der Waals surface area contributed by atoms with Crippen LogP contribution >= 0.6 is 24.0 Å². The Balaban J connectivity index is 0.00000289. The molecule has 0 unspecified atom stereocenters. The summed E-state index contributed by atoms with van der Waals surface area (Å²) in [5.41, 5.74) is 2.16. The van der Waals surface area contributed by atoms with Gasteiger partial charge >= 0.3 is 0 Å². The molecule has 0 atom stereocenters. The quantitative estimate of drug-likeness (QED) is 0.332. The number of piperidine rings is 1. The molecule has 0 amide bonds. The van der Waals surface area contributed by atoms with Crippen molar-refractivity contribution < 1.29 is 13.9 Å². The van der Waals surface area contributed by atoms with Crippen LogP contribution in [0.3, 0.4) is 0 Å². The van der Waals surface area contributed by atoms with Crippen LogP contribution in [0.5, 0.6) is 11.5 Å². The van der Waals surface area contributed by atoms with E-state index in [4.69, 9.17) is 13.9 Å². The maximum absolute atomic E-state index is 5.74. The van der Waals surface area contributed by atoms with Crippen LogP contribution in [0.15, 0.2) is 27.6 Å². The van der Waals surface area contributed by atoms with Crippen molar-refractivity contribution in [2.45, 2.75) is 39.8 Å². The number of rotatable bonds is 6. The molecular weight excluding hydrogens is 521 g/mol.